The molecule has 0 unspecified atom stereocenters. The van der Waals surface area contributed by atoms with Crippen molar-refractivity contribution in [2.24, 2.45) is 0 Å². The van der Waals surface area contributed by atoms with Crippen LogP contribution in [0.15, 0.2) is 21.4 Å². The second-order valence-electron chi connectivity index (χ2n) is 4.58. The van der Waals surface area contributed by atoms with Crippen molar-refractivity contribution in [1.82, 2.24) is 9.80 Å². The number of halogens is 1. The molecule has 0 aromatic carbocycles. The maximum atomic E-state index is 12.1. The standard InChI is InChI=1S/C12H17BrN2O3/c1-9(16)7-14-2-4-15(5-3-14)12(17)10-6-11(13)18-8-10/h6,8-9,16H,2-5,7H2,1H3/t9-/m1/s1. The van der Waals surface area contributed by atoms with Crippen LogP contribution in [0, 0.1) is 0 Å². The number of amides is 1. The van der Waals surface area contributed by atoms with E-state index in [1.807, 2.05) is 4.90 Å². The lowest BCUT2D eigenvalue weighted by Crippen LogP contribution is -2.50. The molecule has 0 bridgehead atoms. The van der Waals surface area contributed by atoms with Gasteiger partial charge in [0.2, 0.25) is 0 Å². The van der Waals surface area contributed by atoms with E-state index in [9.17, 15) is 9.90 Å². The molecule has 1 atom stereocenters. The number of aliphatic hydroxyl groups is 1. The van der Waals surface area contributed by atoms with E-state index in [1.165, 1.54) is 6.26 Å². The highest BCUT2D eigenvalue weighted by atomic mass is 79.9. The van der Waals surface area contributed by atoms with Crippen molar-refractivity contribution in [3.63, 3.8) is 0 Å². The molecule has 0 saturated carbocycles. The largest absolute Gasteiger partial charge is 0.457 e. The summed E-state index contributed by atoms with van der Waals surface area (Å²) in [6, 6.07) is 1.69. The summed E-state index contributed by atoms with van der Waals surface area (Å²) in [6.45, 7) is 5.42. The Morgan fingerprint density at radius 3 is 2.67 bits per heavy atom. The summed E-state index contributed by atoms with van der Waals surface area (Å²) in [7, 11) is 0. The highest BCUT2D eigenvalue weighted by Crippen LogP contribution is 2.16. The van der Waals surface area contributed by atoms with Crippen molar-refractivity contribution < 1.29 is 14.3 Å². The highest BCUT2D eigenvalue weighted by Gasteiger charge is 2.23. The molecule has 0 aliphatic carbocycles. The Hall–Kier alpha value is -0.850. The molecular formula is C12H17BrN2O3. The molecule has 100 valence electrons. The van der Waals surface area contributed by atoms with Crippen LogP contribution in [0.2, 0.25) is 0 Å². The Kier molecular flexibility index (Phi) is 4.42. The van der Waals surface area contributed by atoms with Gasteiger partial charge in [-0.1, -0.05) is 0 Å². The summed E-state index contributed by atoms with van der Waals surface area (Å²) in [5.41, 5.74) is 0.575. The fourth-order valence-corrected chi connectivity index (χ4v) is 2.45. The van der Waals surface area contributed by atoms with E-state index in [2.05, 4.69) is 20.8 Å². The SMILES string of the molecule is C[C@@H](O)CN1CCN(C(=O)c2coc(Br)c2)CC1. The molecular weight excluding hydrogens is 300 g/mol. The predicted molar refractivity (Wildman–Crippen MR) is 70.4 cm³/mol. The van der Waals surface area contributed by atoms with Crippen LogP contribution in [-0.2, 0) is 0 Å². The second kappa shape index (κ2) is 5.86. The van der Waals surface area contributed by atoms with Gasteiger partial charge < -0.3 is 14.4 Å². The minimum absolute atomic E-state index is 0.00106. The molecule has 1 aliphatic heterocycles. The number of rotatable bonds is 3. The summed E-state index contributed by atoms with van der Waals surface area (Å²) < 4.78 is 5.64. The molecule has 1 aliphatic rings. The molecule has 0 radical (unpaired) electrons. The molecule has 5 nitrogen and oxygen atoms in total. The van der Waals surface area contributed by atoms with Gasteiger partial charge in [-0.05, 0) is 22.9 Å². The summed E-state index contributed by atoms with van der Waals surface area (Å²) in [5.74, 6) is 0.00106. The number of hydrogen-bond donors (Lipinski definition) is 1. The first-order valence-electron chi connectivity index (χ1n) is 6.00. The van der Waals surface area contributed by atoms with Crippen molar-refractivity contribution in [2.45, 2.75) is 13.0 Å². The highest BCUT2D eigenvalue weighted by molar-refractivity contribution is 9.10. The summed E-state index contributed by atoms with van der Waals surface area (Å²) >= 11 is 3.19. The average Bonchev–Trinajstić information content (AvgIpc) is 2.75. The molecule has 6 heteroatoms. The normalized spacial score (nSPS) is 18.9. The van der Waals surface area contributed by atoms with Crippen LogP contribution in [0.4, 0.5) is 0 Å². The van der Waals surface area contributed by atoms with E-state index in [4.69, 9.17) is 4.42 Å². The molecule has 1 fully saturated rings. The zero-order valence-corrected chi connectivity index (χ0v) is 11.9. The third kappa shape index (κ3) is 3.34. The number of carbonyl (C=O) groups excluding carboxylic acids is 1. The molecule has 0 spiro atoms. The third-order valence-electron chi connectivity index (χ3n) is 3.00. The molecule has 2 heterocycles. The van der Waals surface area contributed by atoms with Gasteiger partial charge >= 0.3 is 0 Å². The first-order valence-corrected chi connectivity index (χ1v) is 6.79. The Bertz CT molecular complexity index is 411. The van der Waals surface area contributed by atoms with Gasteiger partial charge in [0, 0.05) is 38.8 Å². The van der Waals surface area contributed by atoms with Gasteiger partial charge in [0.25, 0.3) is 5.91 Å². The number of hydrogen-bond acceptors (Lipinski definition) is 4. The van der Waals surface area contributed by atoms with Crippen molar-refractivity contribution in [1.29, 1.82) is 0 Å². The average molecular weight is 317 g/mol. The predicted octanol–water partition coefficient (Wildman–Crippen LogP) is 1.18. The monoisotopic (exact) mass is 316 g/mol. The van der Waals surface area contributed by atoms with Gasteiger partial charge in [-0.2, -0.15) is 0 Å². The van der Waals surface area contributed by atoms with Gasteiger partial charge in [0.1, 0.15) is 6.26 Å². The van der Waals surface area contributed by atoms with Crippen LogP contribution >= 0.6 is 15.9 Å². The number of furan rings is 1. The maximum absolute atomic E-state index is 12.1. The Labute approximate surface area is 114 Å². The van der Waals surface area contributed by atoms with Gasteiger partial charge in [-0.15, -0.1) is 0 Å². The fourth-order valence-electron chi connectivity index (χ4n) is 2.11. The quantitative estimate of drug-likeness (QED) is 0.910. The zero-order valence-electron chi connectivity index (χ0n) is 10.3. The number of piperazine rings is 1. The lowest BCUT2D eigenvalue weighted by atomic mass is 10.2. The summed E-state index contributed by atoms with van der Waals surface area (Å²) in [5, 5.41) is 9.32. The van der Waals surface area contributed by atoms with Crippen LogP contribution in [0.3, 0.4) is 0 Å². The zero-order chi connectivity index (χ0) is 13.1. The van der Waals surface area contributed by atoms with Crippen molar-refractivity contribution in [3.05, 3.63) is 22.6 Å². The minimum atomic E-state index is -0.322. The van der Waals surface area contributed by atoms with E-state index >= 15 is 0 Å². The van der Waals surface area contributed by atoms with Crippen molar-refractivity contribution >= 4 is 21.8 Å². The van der Waals surface area contributed by atoms with E-state index in [0.717, 1.165) is 13.1 Å². The smallest absolute Gasteiger partial charge is 0.257 e. The van der Waals surface area contributed by atoms with Crippen molar-refractivity contribution in [3.8, 4) is 0 Å². The van der Waals surface area contributed by atoms with E-state index in [-0.39, 0.29) is 12.0 Å². The van der Waals surface area contributed by atoms with Crippen molar-refractivity contribution in [2.75, 3.05) is 32.7 Å². The first-order chi connectivity index (χ1) is 8.56. The number of aliphatic hydroxyl groups excluding tert-OH is 1. The number of nitrogens with zero attached hydrogens (tertiary/aromatic N) is 2. The van der Waals surface area contributed by atoms with E-state index < -0.39 is 0 Å². The molecule has 1 N–H and O–H groups in total. The topological polar surface area (TPSA) is 56.9 Å². The number of β-amino-alcohol motifs (C(OH)–C–C–N with tert-alkyl or cyclic N) is 1. The Morgan fingerprint density at radius 2 is 2.17 bits per heavy atom. The van der Waals surface area contributed by atoms with Crippen LogP contribution in [0.25, 0.3) is 0 Å². The van der Waals surface area contributed by atoms with Crippen LogP contribution in [-0.4, -0.2) is 59.6 Å². The molecule has 1 saturated heterocycles. The fraction of sp³-hybridized carbons (Fsp3) is 0.583. The van der Waals surface area contributed by atoms with E-state index in [1.54, 1.807) is 13.0 Å². The molecule has 1 aromatic rings. The van der Waals surface area contributed by atoms with E-state index in [0.29, 0.717) is 29.9 Å². The first kappa shape index (κ1) is 13.6. The molecule has 18 heavy (non-hydrogen) atoms. The third-order valence-corrected chi connectivity index (χ3v) is 3.41. The minimum Gasteiger partial charge on any atom is -0.457 e. The van der Waals surface area contributed by atoms with Gasteiger partial charge in [0.15, 0.2) is 4.67 Å². The lowest BCUT2D eigenvalue weighted by Gasteiger charge is -2.35. The van der Waals surface area contributed by atoms with Crippen LogP contribution < -0.4 is 0 Å². The lowest BCUT2D eigenvalue weighted by molar-refractivity contribution is 0.0553. The second-order valence-corrected chi connectivity index (χ2v) is 5.36. The van der Waals surface area contributed by atoms with Crippen LogP contribution in [0.1, 0.15) is 17.3 Å². The molecule has 1 amide bonds. The van der Waals surface area contributed by atoms with Crippen LogP contribution in [0.5, 0.6) is 0 Å². The summed E-state index contributed by atoms with van der Waals surface area (Å²) in [4.78, 5) is 16.1. The van der Waals surface area contributed by atoms with Gasteiger partial charge in [-0.3, -0.25) is 9.69 Å². The number of carbonyl (C=O) groups is 1. The summed E-state index contributed by atoms with van der Waals surface area (Å²) in [6.07, 6.45) is 1.14. The Balaban J connectivity index is 1.88. The molecule has 1 aromatic heterocycles. The van der Waals surface area contributed by atoms with Gasteiger partial charge in [-0.25, -0.2) is 0 Å². The van der Waals surface area contributed by atoms with Gasteiger partial charge in [0.05, 0.1) is 11.7 Å². The molecule has 2 rings (SSSR count). The maximum Gasteiger partial charge on any atom is 0.257 e. The Morgan fingerprint density at radius 1 is 1.50 bits per heavy atom.